The molecule has 3 aromatic carbocycles. The Bertz CT molecular complexity index is 1360. The molecule has 6 nitrogen and oxygen atoms in total. The molecule has 0 unspecified atom stereocenters. The van der Waals surface area contributed by atoms with Gasteiger partial charge >= 0.3 is 0 Å². The summed E-state index contributed by atoms with van der Waals surface area (Å²) in [5.74, 6) is -0.403. The first-order chi connectivity index (χ1) is 17.5. The Labute approximate surface area is 211 Å². The molecule has 0 saturated heterocycles. The topological polar surface area (TPSA) is 67.2 Å². The van der Waals surface area contributed by atoms with Crippen molar-refractivity contribution >= 4 is 11.8 Å². The summed E-state index contributed by atoms with van der Waals surface area (Å²) in [5, 5.41) is 7.78. The van der Waals surface area contributed by atoms with Crippen LogP contribution in [0.3, 0.4) is 0 Å². The Morgan fingerprint density at radius 3 is 2.22 bits per heavy atom. The Morgan fingerprint density at radius 1 is 0.917 bits per heavy atom. The van der Waals surface area contributed by atoms with Crippen LogP contribution in [0.2, 0.25) is 0 Å². The summed E-state index contributed by atoms with van der Waals surface area (Å²) >= 11 is 0. The zero-order valence-corrected chi connectivity index (χ0v) is 20.6. The smallest absolute Gasteiger partial charge is 0.273 e. The lowest BCUT2D eigenvalue weighted by Crippen LogP contribution is -2.63. The van der Waals surface area contributed by atoms with Crippen molar-refractivity contribution in [1.82, 2.24) is 20.0 Å². The van der Waals surface area contributed by atoms with E-state index in [1.165, 1.54) is 5.56 Å². The van der Waals surface area contributed by atoms with E-state index in [2.05, 4.69) is 24.4 Å². The van der Waals surface area contributed by atoms with Crippen LogP contribution in [-0.2, 0) is 30.8 Å². The standard InChI is InChI=1S/C30H30N4O2/c1-3-22-14-16-24(17-15-22)20-33-28(35)27-18-26(25-12-8-5-9-13-25)32-34(27)21-30(33,2)29(36)31-19-23-10-6-4-7-11-23/h4-18H,3,19-21H2,1-2H3,(H,31,36)/t30-/m0/s1. The van der Waals surface area contributed by atoms with E-state index in [0.29, 0.717) is 18.8 Å². The monoisotopic (exact) mass is 478 g/mol. The molecule has 1 aromatic heterocycles. The molecule has 1 aliphatic rings. The third kappa shape index (κ3) is 4.54. The molecule has 182 valence electrons. The van der Waals surface area contributed by atoms with Crippen molar-refractivity contribution < 1.29 is 9.59 Å². The van der Waals surface area contributed by atoms with Gasteiger partial charge in [-0.1, -0.05) is 91.9 Å². The first kappa shape index (κ1) is 23.5. The second-order valence-electron chi connectivity index (χ2n) is 9.44. The minimum absolute atomic E-state index is 0.201. The number of hydrogen-bond acceptors (Lipinski definition) is 3. The second kappa shape index (κ2) is 9.82. The number of amides is 2. The lowest BCUT2D eigenvalue weighted by molar-refractivity contribution is -0.133. The second-order valence-corrected chi connectivity index (χ2v) is 9.44. The zero-order valence-electron chi connectivity index (χ0n) is 20.6. The van der Waals surface area contributed by atoms with Crippen LogP contribution in [0.4, 0.5) is 0 Å². The summed E-state index contributed by atoms with van der Waals surface area (Å²) in [7, 11) is 0. The van der Waals surface area contributed by atoms with Gasteiger partial charge in [-0.15, -0.1) is 0 Å². The van der Waals surface area contributed by atoms with E-state index < -0.39 is 5.54 Å². The summed E-state index contributed by atoms with van der Waals surface area (Å²) in [6.45, 7) is 4.95. The van der Waals surface area contributed by atoms with Crippen LogP contribution in [-0.4, -0.2) is 32.0 Å². The highest BCUT2D eigenvalue weighted by Gasteiger charge is 2.47. The minimum atomic E-state index is -1.11. The van der Waals surface area contributed by atoms with Gasteiger partial charge in [0.15, 0.2) is 0 Å². The summed E-state index contributed by atoms with van der Waals surface area (Å²) in [5.41, 5.74) is 4.26. The van der Waals surface area contributed by atoms with Crippen molar-refractivity contribution in [3.63, 3.8) is 0 Å². The molecular formula is C30H30N4O2. The highest BCUT2D eigenvalue weighted by atomic mass is 16.2. The van der Waals surface area contributed by atoms with Gasteiger partial charge in [-0.05, 0) is 36.1 Å². The number of carbonyl (C=O) groups is 2. The number of aromatic nitrogens is 2. The summed E-state index contributed by atoms with van der Waals surface area (Å²) < 4.78 is 1.68. The van der Waals surface area contributed by atoms with Crippen molar-refractivity contribution in [2.24, 2.45) is 0 Å². The van der Waals surface area contributed by atoms with E-state index in [1.54, 1.807) is 9.58 Å². The molecular weight excluding hydrogens is 448 g/mol. The van der Waals surface area contributed by atoms with Gasteiger partial charge in [0.05, 0.1) is 12.2 Å². The van der Waals surface area contributed by atoms with Crippen LogP contribution in [0.25, 0.3) is 11.3 Å². The molecule has 1 N–H and O–H groups in total. The van der Waals surface area contributed by atoms with Crippen molar-refractivity contribution in [3.05, 3.63) is 113 Å². The summed E-state index contributed by atoms with van der Waals surface area (Å²) in [6.07, 6.45) is 0.948. The number of aryl methyl sites for hydroxylation is 1. The van der Waals surface area contributed by atoms with E-state index in [4.69, 9.17) is 5.10 Å². The molecule has 1 aliphatic heterocycles. The molecule has 6 heteroatoms. The number of rotatable bonds is 7. The van der Waals surface area contributed by atoms with Crippen LogP contribution in [0, 0.1) is 0 Å². The third-order valence-corrected chi connectivity index (χ3v) is 6.92. The van der Waals surface area contributed by atoms with Gasteiger partial charge in [0.2, 0.25) is 5.91 Å². The predicted octanol–water partition coefficient (Wildman–Crippen LogP) is 4.84. The van der Waals surface area contributed by atoms with Crippen LogP contribution in [0.1, 0.15) is 41.0 Å². The molecule has 0 aliphatic carbocycles. The largest absolute Gasteiger partial charge is 0.350 e. The van der Waals surface area contributed by atoms with Gasteiger partial charge < -0.3 is 10.2 Å². The summed E-state index contributed by atoms with van der Waals surface area (Å²) in [6, 6.07) is 29.6. The number of benzene rings is 3. The fourth-order valence-electron chi connectivity index (χ4n) is 4.67. The number of nitrogens with one attached hydrogen (secondary N) is 1. The molecule has 2 heterocycles. The SMILES string of the molecule is CCc1ccc(CN2C(=O)c3cc(-c4ccccc4)nn3C[C@@]2(C)C(=O)NCc2ccccc2)cc1. The lowest BCUT2D eigenvalue weighted by Gasteiger charge is -2.43. The van der Waals surface area contributed by atoms with E-state index >= 15 is 0 Å². The van der Waals surface area contributed by atoms with Gasteiger partial charge in [0.25, 0.3) is 5.91 Å². The number of carbonyl (C=O) groups excluding carboxylic acids is 2. The Balaban J connectivity index is 1.49. The molecule has 2 amide bonds. The Hall–Kier alpha value is -4.19. The number of nitrogens with zero attached hydrogens (tertiary/aromatic N) is 3. The van der Waals surface area contributed by atoms with Gasteiger partial charge in [0.1, 0.15) is 11.2 Å². The average Bonchev–Trinajstić information content (AvgIpc) is 3.35. The average molecular weight is 479 g/mol. The maximum atomic E-state index is 13.9. The van der Waals surface area contributed by atoms with Crippen molar-refractivity contribution in [1.29, 1.82) is 0 Å². The molecule has 0 bridgehead atoms. The van der Waals surface area contributed by atoms with Crippen LogP contribution >= 0.6 is 0 Å². The quantitative estimate of drug-likeness (QED) is 0.413. The number of hydrogen-bond donors (Lipinski definition) is 1. The first-order valence-electron chi connectivity index (χ1n) is 12.3. The normalized spacial score (nSPS) is 17.1. The van der Waals surface area contributed by atoms with Crippen LogP contribution in [0.15, 0.2) is 91.0 Å². The summed E-state index contributed by atoms with van der Waals surface area (Å²) in [4.78, 5) is 29.2. The van der Waals surface area contributed by atoms with Crippen LogP contribution < -0.4 is 5.32 Å². The molecule has 5 rings (SSSR count). The number of fused-ring (bicyclic) bond motifs is 1. The fraction of sp³-hybridized carbons (Fsp3) is 0.233. The van der Waals surface area contributed by atoms with Crippen molar-refractivity contribution in [2.45, 2.75) is 45.4 Å². The van der Waals surface area contributed by atoms with Crippen molar-refractivity contribution in [2.75, 3.05) is 0 Å². The first-order valence-corrected chi connectivity index (χ1v) is 12.3. The maximum Gasteiger partial charge on any atom is 0.273 e. The van der Waals surface area contributed by atoms with Gasteiger partial charge in [-0.3, -0.25) is 14.3 Å². The van der Waals surface area contributed by atoms with Gasteiger partial charge in [0, 0.05) is 18.7 Å². The van der Waals surface area contributed by atoms with Gasteiger partial charge in [-0.25, -0.2) is 0 Å². The highest BCUT2D eigenvalue weighted by molar-refractivity contribution is 6.00. The molecule has 0 fully saturated rings. The predicted molar refractivity (Wildman–Crippen MR) is 140 cm³/mol. The van der Waals surface area contributed by atoms with E-state index in [9.17, 15) is 9.59 Å². The van der Waals surface area contributed by atoms with Gasteiger partial charge in [-0.2, -0.15) is 5.10 Å². The lowest BCUT2D eigenvalue weighted by atomic mass is 9.93. The van der Waals surface area contributed by atoms with E-state index in [1.807, 2.05) is 85.8 Å². The fourth-order valence-corrected chi connectivity index (χ4v) is 4.67. The molecule has 1 atom stereocenters. The zero-order chi connectivity index (χ0) is 25.1. The third-order valence-electron chi connectivity index (χ3n) is 6.92. The van der Waals surface area contributed by atoms with E-state index in [0.717, 1.165) is 28.8 Å². The molecule has 0 radical (unpaired) electrons. The molecule has 4 aromatic rings. The van der Waals surface area contributed by atoms with E-state index in [-0.39, 0.29) is 18.4 Å². The Kier molecular flexibility index (Phi) is 6.42. The maximum absolute atomic E-state index is 13.9. The Morgan fingerprint density at radius 2 is 1.56 bits per heavy atom. The minimum Gasteiger partial charge on any atom is -0.350 e. The molecule has 36 heavy (non-hydrogen) atoms. The van der Waals surface area contributed by atoms with Crippen molar-refractivity contribution in [3.8, 4) is 11.3 Å². The molecule has 0 saturated carbocycles. The van der Waals surface area contributed by atoms with Crippen LogP contribution in [0.5, 0.6) is 0 Å². The molecule has 0 spiro atoms. The highest BCUT2D eigenvalue weighted by Crippen LogP contribution is 2.31.